The van der Waals surface area contributed by atoms with Crippen molar-refractivity contribution < 1.29 is 4.74 Å². The molecule has 1 saturated heterocycles. The number of thiocarbonyl (C=S) groups is 1. The number of benzene rings is 1. The quantitative estimate of drug-likeness (QED) is 0.749. The van der Waals surface area contributed by atoms with Gasteiger partial charge in [-0.25, -0.2) is 4.98 Å². The summed E-state index contributed by atoms with van der Waals surface area (Å²) in [7, 11) is 0. The molecule has 25 heavy (non-hydrogen) atoms. The highest BCUT2D eigenvalue weighted by molar-refractivity contribution is 7.80. The number of nitrogens with one attached hydrogen (secondary N) is 2. The van der Waals surface area contributed by atoms with Crippen molar-refractivity contribution in [2.45, 2.75) is 18.3 Å². The fourth-order valence-electron chi connectivity index (χ4n) is 3.03. The number of pyridine rings is 1. The number of hydrogen-bond donors (Lipinski definition) is 2. The maximum Gasteiger partial charge on any atom is 0.172 e. The Morgan fingerprint density at radius 3 is 2.60 bits per heavy atom. The van der Waals surface area contributed by atoms with Crippen molar-refractivity contribution in [2.24, 2.45) is 0 Å². The van der Waals surface area contributed by atoms with Crippen molar-refractivity contribution in [2.75, 3.05) is 25.1 Å². The summed E-state index contributed by atoms with van der Waals surface area (Å²) in [5.74, 6) is 0.490. The summed E-state index contributed by atoms with van der Waals surface area (Å²) >= 11 is 17.4. The largest absolute Gasteiger partial charge is 0.381 e. The van der Waals surface area contributed by atoms with Crippen molar-refractivity contribution in [3.05, 3.63) is 58.2 Å². The third-order valence-corrected chi connectivity index (χ3v) is 5.20. The summed E-state index contributed by atoms with van der Waals surface area (Å²) in [6.45, 7) is 2.22. The van der Waals surface area contributed by atoms with Gasteiger partial charge in [0.2, 0.25) is 0 Å². The first-order valence-electron chi connectivity index (χ1n) is 8.08. The Hall–Kier alpha value is -1.40. The molecule has 0 saturated carbocycles. The summed E-state index contributed by atoms with van der Waals surface area (Å²) in [6, 6.07) is 12.1. The van der Waals surface area contributed by atoms with E-state index >= 15 is 0 Å². The Morgan fingerprint density at radius 1 is 1.20 bits per heavy atom. The number of hydrogen-bond acceptors (Lipinski definition) is 3. The topological polar surface area (TPSA) is 46.2 Å². The van der Waals surface area contributed by atoms with Crippen molar-refractivity contribution in [3.8, 4) is 0 Å². The van der Waals surface area contributed by atoms with E-state index < -0.39 is 0 Å². The highest BCUT2D eigenvalue weighted by Crippen LogP contribution is 2.34. The highest BCUT2D eigenvalue weighted by atomic mass is 35.5. The van der Waals surface area contributed by atoms with Crippen LogP contribution in [0.3, 0.4) is 0 Å². The number of nitrogens with zero attached hydrogens (tertiary/aromatic N) is 1. The molecule has 0 aliphatic carbocycles. The second-order valence-electron chi connectivity index (χ2n) is 6.05. The van der Waals surface area contributed by atoms with Gasteiger partial charge in [-0.1, -0.05) is 53.5 Å². The van der Waals surface area contributed by atoms with Crippen molar-refractivity contribution in [1.82, 2.24) is 10.3 Å². The zero-order chi connectivity index (χ0) is 17.7. The second kappa shape index (κ2) is 8.32. The number of ether oxygens (including phenoxy) is 1. The normalized spacial score (nSPS) is 16.2. The van der Waals surface area contributed by atoms with Crippen LogP contribution < -0.4 is 10.6 Å². The van der Waals surface area contributed by atoms with Gasteiger partial charge in [-0.05, 0) is 36.7 Å². The van der Waals surface area contributed by atoms with Gasteiger partial charge in [0, 0.05) is 31.4 Å². The Labute approximate surface area is 162 Å². The minimum atomic E-state index is 0.00245. The zero-order valence-corrected chi connectivity index (χ0v) is 15.9. The van der Waals surface area contributed by atoms with Crippen molar-refractivity contribution in [3.63, 3.8) is 0 Å². The number of halogens is 2. The van der Waals surface area contributed by atoms with Gasteiger partial charge in [-0.15, -0.1) is 0 Å². The Balaban J connectivity index is 1.68. The molecule has 0 amide bonds. The molecule has 3 rings (SSSR count). The molecule has 1 aromatic carbocycles. The van der Waals surface area contributed by atoms with E-state index in [2.05, 4.69) is 39.9 Å². The average molecular weight is 396 g/mol. The Morgan fingerprint density at radius 2 is 1.92 bits per heavy atom. The fraction of sp³-hybridized carbons (Fsp3) is 0.333. The standard InChI is InChI=1S/C18H19Cl2N3OS/c19-14-10-15(20)16(21-11-14)23-17(25)22-12-18(6-8-24-9-7-18)13-4-2-1-3-5-13/h1-5,10-11H,6-9,12H2,(H2,21,22,23,25). The SMILES string of the molecule is S=C(NCC1(c2ccccc2)CCOCC1)Nc1ncc(Cl)cc1Cl. The van der Waals surface area contributed by atoms with Gasteiger partial charge in [0.1, 0.15) is 0 Å². The van der Waals surface area contributed by atoms with Crippen LogP contribution in [0, 0.1) is 0 Å². The highest BCUT2D eigenvalue weighted by Gasteiger charge is 2.34. The molecule has 0 unspecified atom stereocenters. The molecule has 1 aliphatic rings. The smallest absolute Gasteiger partial charge is 0.172 e. The summed E-state index contributed by atoms with van der Waals surface area (Å²) in [5, 5.41) is 7.75. The molecule has 0 atom stereocenters. The van der Waals surface area contributed by atoms with E-state index in [-0.39, 0.29) is 5.41 Å². The first kappa shape index (κ1) is 18.4. The monoisotopic (exact) mass is 395 g/mol. The average Bonchev–Trinajstić information content (AvgIpc) is 2.64. The van der Waals surface area contributed by atoms with Crippen molar-refractivity contribution in [1.29, 1.82) is 0 Å². The molecule has 7 heteroatoms. The first-order chi connectivity index (χ1) is 12.1. The van der Waals surface area contributed by atoms with Gasteiger partial charge in [0.05, 0.1) is 10.0 Å². The Bertz CT molecular complexity index is 736. The van der Waals surface area contributed by atoms with E-state index in [1.807, 2.05) is 6.07 Å². The van der Waals surface area contributed by atoms with Gasteiger partial charge in [-0.3, -0.25) is 0 Å². The molecule has 2 aromatic rings. The number of aromatic nitrogens is 1. The lowest BCUT2D eigenvalue weighted by atomic mass is 9.74. The Kier molecular flexibility index (Phi) is 6.12. The van der Waals surface area contributed by atoms with Crippen LogP contribution in [0.25, 0.3) is 0 Å². The van der Waals surface area contributed by atoms with Crippen LogP contribution in [0.4, 0.5) is 5.82 Å². The number of anilines is 1. The van der Waals surface area contributed by atoms with Crippen LogP contribution in [0.1, 0.15) is 18.4 Å². The molecule has 0 spiro atoms. The molecular formula is C18H19Cl2N3OS. The molecule has 1 aromatic heterocycles. The number of rotatable bonds is 4. The van der Waals surface area contributed by atoms with Gasteiger partial charge in [-0.2, -0.15) is 0 Å². The predicted molar refractivity (Wildman–Crippen MR) is 107 cm³/mol. The third kappa shape index (κ3) is 4.61. The fourth-order valence-corrected chi connectivity index (χ4v) is 3.63. The van der Waals surface area contributed by atoms with E-state index in [9.17, 15) is 0 Å². The first-order valence-corrected chi connectivity index (χ1v) is 9.25. The molecular weight excluding hydrogens is 377 g/mol. The van der Waals surface area contributed by atoms with Crippen LogP contribution >= 0.6 is 35.4 Å². The zero-order valence-electron chi connectivity index (χ0n) is 13.6. The molecule has 2 heterocycles. The van der Waals surface area contributed by atoms with Crippen LogP contribution in [0.5, 0.6) is 0 Å². The molecule has 0 bridgehead atoms. The lowest BCUT2D eigenvalue weighted by Gasteiger charge is -2.38. The predicted octanol–water partition coefficient (Wildman–Crippen LogP) is 4.42. The lowest BCUT2D eigenvalue weighted by Crippen LogP contribution is -2.45. The molecule has 0 radical (unpaired) electrons. The van der Waals surface area contributed by atoms with Crippen LogP contribution in [-0.2, 0) is 10.2 Å². The lowest BCUT2D eigenvalue weighted by molar-refractivity contribution is 0.0515. The molecule has 1 fully saturated rings. The maximum absolute atomic E-state index is 6.13. The molecule has 4 nitrogen and oxygen atoms in total. The van der Waals surface area contributed by atoms with E-state index in [1.54, 1.807) is 6.07 Å². The molecule has 132 valence electrons. The van der Waals surface area contributed by atoms with Crippen LogP contribution in [0.2, 0.25) is 10.0 Å². The summed E-state index contributed by atoms with van der Waals surface area (Å²) in [5.41, 5.74) is 1.30. The van der Waals surface area contributed by atoms with E-state index in [1.165, 1.54) is 11.8 Å². The summed E-state index contributed by atoms with van der Waals surface area (Å²) in [4.78, 5) is 4.17. The van der Waals surface area contributed by atoms with E-state index in [4.69, 9.17) is 40.2 Å². The van der Waals surface area contributed by atoms with Crippen LogP contribution in [-0.4, -0.2) is 29.9 Å². The van der Waals surface area contributed by atoms with Crippen LogP contribution in [0.15, 0.2) is 42.6 Å². The minimum absolute atomic E-state index is 0.00245. The summed E-state index contributed by atoms with van der Waals surface area (Å²) < 4.78 is 5.56. The van der Waals surface area contributed by atoms with Crippen molar-refractivity contribution >= 4 is 46.4 Å². The van der Waals surface area contributed by atoms with Gasteiger partial charge < -0.3 is 15.4 Å². The van der Waals surface area contributed by atoms with Gasteiger partial charge >= 0.3 is 0 Å². The minimum Gasteiger partial charge on any atom is -0.381 e. The van der Waals surface area contributed by atoms with Gasteiger partial charge in [0.25, 0.3) is 0 Å². The molecule has 1 aliphatic heterocycles. The van der Waals surface area contributed by atoms with E-state index in [0.29, 0.717) is 21.0 Å². The van der Waals surface area contributed by atoms with E-state index in [0.717, 1.165) is 32.6 Å². The maximum atomic E-state index is 6.13. The summed E-state index contributed by atoms with van der Waals surface area (Å²) in [6.07, 6.45) is 3.43. The van der Waals surface area contributed by atoms with Gasteiger partial charge in [0.15, 0.2) is 10.9 Å². The molecule has 2 N–H and O–H groups in total. The third-order valence-electron chi connectivity index (χ3n) is 4.46. The second-order valence-corrected chi connectivity index (χ2v) is 7.30.